The third kappa shape index (κ3) is 5.23. The first-order chi connectivity index (χ1) is 10.1. The molecule has 1 aromatic rings. The molecule has 0 aliphatic rings. The van der Waals surface area contributed by atoms with Crippen LogP contribution < -0.4 is 0 Å². The summed E-state index contributed by atoms with van der Waals surface area (Å²) in [5, 5.41) is 9.39. The highest BCUT2D eigenvalue weighted by atomic mass is 16.2. The predicted molar refractivity (Wildman–Crippen MR) is 85.6 cm³/mol. The average molecular weight is 286 g/mol. The van der Waals surface area contributed by atoms with Crippen LogP contribution in [0.25, 0.3) is 0 Å². The third-order valence-electron chi connectivity index (χ3n) is 3.90. The van der Waals surface area contributed by atoms with Crippen LogP contribution in [-0.4, -0.2) is 23.4 Å². The van der Waals surface area contributed by atoms with Crippen molar-refractivity contribution in [2.75, 3.05) is 6.54 Å². The number of unbranched alkanes of at least 4 members (excludes halogenated alkanes) is 1. The van der Waals surface area contributed by atoms with Crippen molar-refractivity contribution in [1.82, 2.24) is 4.90 Å². The van der Waals surface area contributed by atoms with Crippen LogP contribution in [0.5, 0.6) is 0 Å². The lowest BCUT2D eigenvalue weighted by atomic mass is 9.98. The van der Waals surface area contributed by atoms with Gasteiger partial charge in [-0.1, -0.05) is 50.6 Å². The molecule has 3 nitrogen and oxygen atoms in total. The third-order valence-corrected chi connectivity index (χ3v) is 3.90. The second-order valence-electron chi connectivity index (χ2n) is 5.51. The Hall–Kier alpha value is -1.82. The molecule has 1 aromatic carbocycles. The van der Waals surface area contributed by atoms with E-state index in [9.17, 15) is 10.1 Å². The minimum absolute atomic E-state index is 0.0239. The molecule has 0 bridgehead atoms. The van der Waals surface area contributed by atoms with E-state index in [1.165, 1.54) is 0 Å². The molecule has 1 rings (SSSR count). The highest BCUT2D eigenvalue weighted by molar-refractivity contribution is 5.81. The van der Waals surface area contributed by atoms with Crippen LogP contribution in [0.3, 0.4) is 0 Å². The van der Waals surface area contributed by atoms with Crippen LogP contribution in [0.4, 0.5) is 0 Å². The largest absolute Gasteiger partial charge is 0.339 e. The SMILES string of the molecule is CCCCN(C(=O)C(C#N)Cc1ccccc1)C(C)CC. The van der Waals surface area contributed by atoms with Gasteiger partial charge in [0, 0.05) is 12.6 Å². The normalized spacial score (nSPS) is 13.2. The summed E-state index contributed by atoms with van der Waals surface area (Å²) in [7, 11) is 0. The molecule has 3 heteroatoms. The maximum absolute atomic E-state index is 12.7. The van der Waals surface area contributed by atoms with Crippen LogP contribution in [0.1, 0.15) is 45.6 Å². The summed E-state index contributed by atoms with van der Waals surface area (Å²) in [6, 6.07) is 12.2. The van der Waals surface area contributed by atoms with E-state index in [1.54, 1.807) is 0 Å². The first kappa shape index (κ1) is 17.2. The molecule has 2 unspecified atom stereocenters. The van der Waals surface area contributed by atoms with Gasteiger partial charge in [0.15, 0.2) is 0 Å². The van der Waals surface area contributed by atoms with Crippen molar-refractivity contribution in [3.8, 4) is 6.07 Å². The van der Waals surface area contributed by atoms with E-state index in [2.05, 4.69) is 26.8 Å². The maximum atomic E-state index is 12.7. The van der Waals surface area contributed by atoms with Crippen LogP contribution in [0, 0.1) is 17.2 Å². The second-order valence-corrected chi connectivity index (χ2v) is 5.51. The van der Waals surface area contributed by atoms with E-state index in [0.29, 0.717) is 6.42 Å². The van der Waals surface area contributed by atoms with Gasteiger partial charge in [-0.15, -0.1) is 0 Å². The fourth-order valence-electron chi connectivity index (χ4n) is 2.33. The van der Waals surface area contributed by atoms with Crippen molar-refractivity contribution in [2.24, 2.45) is 5.92 Å². The van der Waals surface area contributed by atoms with E-state index < -0.39 is 5.92 Å². The molecule has 0 N–H and O–H groups in total. The van der Waals surface area contributed by atoms with Crippen LogP contribution in [0.15, 0.2) is 30.3 Å². The first-order valence-corrected chi connectivity index (χ1v) is 7.88. The van der Waals surface area contributed by atoms with Gasteiger partial charge < -0.3 is 4.90 Å². The zero-order valence-electron chi connectivity index (χ0n) is 13.4. The molecule has 0 fully saturated rings. The Kier molecular flexibility index (Phi) is 7.53. The smallest absolute Gasteiger partial charge is 0.240 e. The zero-order chi connectivity index (χ0) is 15.7. The molecule has 114 valence electrons. The van der Waals surface area contributed by atoms with E-state index in [0.717, 1.165) is 31.4 Å². The Morgan fingerprint density at radius 2 is 1.95 bits per heavy atom. The van der Waals surface area contributed by atoms with Crippen molar-refractivity contribution in [2.45, 2.75) is 52.5 Å². The molecule has 0 aromatic heterocycles. The van der Waals surface area contributed by atoms with Crippen molar-refractivity contribution < 1.29 is 4.79 Å². The quantitative estimate of drug-likeness (QED) is 0.729. The first-order valence-electron chi connectivity index (χ1n) is 7.88. The van der Waals surface area contributed by atoms with Gasteiger partial charge in [0.25, 0.3) is 0 Å². The standard InChI is InChI=1S/C18H26N2O/c1-4-6-12-20(15(3)5-2)18(21)17(14-19)13-16-10-8-7-9-11-16/h7-11,15,17H,4-6,12-13H2,1-3H3. The van der Waals surface area contributed by atoms with E-state index in [-0.39, 0.29) is 11.9 Å². The number of carbonyl (C=O) groups excluding carboxylic acids is 1. The van der Waals surface area contributed by atoms with Gasteiger partial charge in [0.2, 0.25) is 5.91 Å². The highest BCUT2D eigenvalue weighted by Gasteiger charge is 2.26. The van der Waals surface area contributed by atoms with Gasteiger partial charge in [-0.25, -0.2) is 0 Å². The number of benzene rings is 1. The molecule has 21 heavy (non-hydrogen) atoms. The molecule has 0 heterocycles. The molecule has 0 aliphatic carbocycles. The predicted octanol–water partition coefficient (Wildman–Crippen LogP) is 3.80. The van der Waals surface area contributed by atoms with Gasteiger partial charge in [0.05, 0.1) is 6.07 Å². The number of carbonyl (C=O) groups is 1. The molecule has 0 saturated carbocycles. The van der Waals surface area contributed by atoms with Crippen molar-refractivity contribution in [1.29, 1.82) is 5.26 Å². The molecular weight excluding hydrogens is 260 g/mol. The lowest BCUT2D eigenvalue weighted by Crippen LogP contribution is -2.42. The minimum atomic E-state index is -0.585. The van der Waals surface area contributed by atoms with E-state index in [4.69, 9.17) is 0 Å². The van der Waals surface area contributed by atoms with Crippen LogP contribution in [-0.2, 0) is 11.2 Å². The molecule has 0 saturated heterocycles. The topological polar surface area (TPSA) is 44.1 Å². The van der Waals surface area contributed by atoms with Gasteiger partial charge in [-0.2, -0.15) is 5.26 Å². The monoisotopic (exact) mass is 286 g/mol. The summed E-state index contributed by atoms with van der Waals surface area (Å²) in [6.45, 7) is 7.00. The molecule has 0 radical (unpaired) electrons. The lowest BCUT2D eigenvalue weighted by Gasteiger charge is -2.30. The summed E-state index contributed by atoms with van der Waals surface area (Å²) >= 11 is 0. The van der Waals surface area contributed by atoms with Crippen molar-refractivity contribution in [3.63, 3.8) is 0 Å². The number of rotatable bonds is 8. The summed E-state index contributed by atoms with van der Waals surface area (Å²) in [5.41, 5.74) is 1.04. The Bertz CT molecular complexity index is 464. The average Bonchev–Trinajstić information content (AvgIpc) is 2.53. The summed E-state index contributed by atoms with van der Waals surface area (Å²) in [5.74, 6) is -0.609. The lowest BCUT2D eigenvalue weighted by molar-refractivity contribution is -0.136. The van der Waals surface area contributed by atoms with Crippen LogP contribution >= 0.6 is 0 Å². The van der Waals surface area contributed by atoms with Gasteiger partial charge in [0.1, 0.15) is 5.92 Å². The Balaban J connectivity index is 2.81. The number of nitrogens with zero attached hydrogens (tertiary/aromatic N) is 2. The minimum Gasteiger partial charge on any atom is -0.339 e. The van der Waals surface area contributed by atoms with Gasteiger partial charge in [-0.05, 0) is 31.7 Å². The Morgan fingerprint density at radius 3 is 2.48 bits per heavy atom. The van der Waals surface area contributed by atoms with Gasteiger partial charge in [-0.3, -0.25) is 4.79 Å². The summed E-state index contributed by atoms with van der Waals surface area (Å²) < 4.78 is 0. The van der Waals surface area contributed by atoms with E-state index in [1.807, 2.05) is 35.2 Å². The fourth-order valence-corrected chi connectivity index (χ4v) is 2.33. The van der Waals surface area contributed by atoms with Crippen molar-refractivity contribution in [3.05, 3.63) is 35.9 Å². The van der Waals surface area contributed by atoms with E-state index >= 15 is 0 Å². The fraction of sp³-hybridized carbons (Fsp3) is 0.556. The molecule has 0 aliphatic heterocycles. The highest BCUT2D eigenvalue weighted by Crippen LogP contribution is 2.15. The summed E-state index contributed by atoms with van der Waals surface area (Å²) in [4.78, 5) is 14.6. The summed E-state index contributed by atoms with van der Waals surface area (Å²) in [6.07, 6.45) is 3.45. The van der Waals surface area contributed by atoms with Crippen LogP contribution in [0.2, 0.25) is 0 Å². The number of nitriles is 1. The molecular formula is C18H26N2O. The Morgan fingerprint density at radius 1 is 1.29 bits per heavy atom. The Labute approximate surface area is 128 Å². The molecule has 0 spiro atoms. The molecule has 2 atom stereocenters. The van der Waals surface area contributed by atoms with Crippen molar-refractivity contribution >= 4 is 5.91 Å². The second kappa shape index (κ2) is 9.18. The zero-order valence-corrected chi connectivity index (χ0v) is 13.4. The maximum Gasteiger partial charge on any atom is 0.240 e. The van der Waals surface area contributed by atoms with Gasteiger partial charge >= 0.3 is 0 Å². The number of hydrogen-bond acceptors (Lipinski definition) is 2. The molecule has 1 amide bonds. The number of amides is 1. The number of hydrogen-bond donors (Lipinski definition) is 0.